The molecule has 2 nitrogen and oxygen atoms in total. The van der Waals surface area contributed by atoms with Crippen molar-refractivity contribution in [2.45, 2.75) is 6.92 Å². The highest BCUT2D eigenvalue weighted by Crippen LogP contribution is 2.23. The number of rotatable bonds is 3. The van der Waals surface area contributed by atoms with E-state index in [4.69, 9.17) is 34.8 Å². The highest BCUT2D eigenvalue weighted by atomic mass is 35.5. The van der Waals surface area contributed by atoms with E-state index in [1.54, 1.807) is 36.4 Å². The fourth-order valence-corrected chi connectivity index (χ4v) is 2.17. The first-order valence-electron chi connectivity index (χ1n) is 6.16. The molecule has 0 aliphatic heterocycles. The lowest BCUT2D eigenvalue weighted by Crippen LogP contribution is -2.08. The van der Waals surface area contributed by atoms with Crippen molar-refractivity contribution < 1.29 is 4.79 Å². The second kappa shape index (κ2) is 6.99. The molecule has 0 aromatic heterocycles. The van der Waals surface area contributed by atoms with Crippen molar-refractivity contribution in [1.82, 2.24) is 0 Å². The van der Waals surface area contributed by atoms with E-state index in [9.17, 15) is 4.79 Å². The van der Waals surface area contributed by atoms with Gasteiger partial charge in [0, 0.05) is 16.8 Å². The smallest absolute Gasteiger partial charge is 0.248 e. The van der Waals surface area contributed by atoms with E-state index >= 15 is 0 Å². The minimum absolute atomic E-state index is 0.244. The minimum Gasteiger partial charge on any atom is -0.322 e. The lowest BCUT2D eigenvalue weighted by atomic mass is 10.2. The number of hydrogen-bond acceptors (Lipinski definition) is 1. The first-order chi connectivity index (χ1) is 9.95. The normalized spacial score (nSPS) is 10.9. The van der Waals surface area contributed by atoms with Crippen LogP contribution in [0.3, 0.4) is 0 Å². The number of nitrogens with one attached hydrogen (secondary N) is 1. The molecule has 5 heteroatoms. The van der Waals surface area contributed by atoms with Gasteiger partial charge in [-0.2, -0.15) is 0 Å². The molecule has 2 aromatic rings. The van der Waals surface area contributed by atoms with Crippen LogP contribution in [0.2, 0.25) is 15.1 Å². The molecule has 0 saturated heterocycles. The van der Waals surface area contributed by atoms with Crippen molar-refractivity contribution in [1.29, 1.82) is 0 Å². The zero-order valence-electron chi connectivity index (χ0n) is 11.2. The monoisotopic (exact) mass is 339 g/mol. The van der Waals surface area contributed by atoms with Gasteiger partial charge in [0.1, 0.15) is 0 Å². The van der Waals surface area contributed by atoms with E-state index in [1.807, 2.05) is 13.0 Å². The zero-order chi connectivity index (χ0) is 15.4. The van der Waals surface area contributed by atoms with Gasteiger partial charge in [-0.05, 0) is 48.4 Å². The Morgan fingerprint density at radius 1 is 1.05 bits per heavy atom. The number of carbonyl (C=O) groups excluding carboxylic acids is 1. The molecular weight excluding hydrogens is 329 g/mol. The number of benzene rings is 2. The van der Waals surface area contributed by atoms with E-state index < -0.39 is 0 Å². The number of anilines is 1. The van der Waals surface area contributed by atoms with Gasteiger partial charge in [-0.15, -0.1) is 0 Å². The van der Waals surface area contributed by atoms with Crippen LogP contribution in [0.4, 0.5) is 5.69 Å². The lowest BCUT2D eigenvalue weighted by Gasteiger charge is -2.06. The Balaban J connectivity index is 2.09. The van der Waals surface area contributed by atoms with Gasteiger partial charge in [-0.25, -0.2) is 0 Å². The Hall–Kier alpha value is -1.48. The first-order valence-corrected chi connectivity index (χ1v) is 7.29. The van der Waals surface area contributed by atoms with Gasteiger partial charge in [0.25, 0.3) is 0 Å². The van der Waals surface area contributed by atoms with Gasteiger partial charge >= 0.3 is 0 Å². The van der Waals surface area contributed by atoms with Crippen LogP contribution in [0.1, 0.15) is 11.1 Å². The molecule has 0 heterocycles. The molecule has 0 spiro atoms. The summed E-state index contributed by atoms with van der Waals surface area (Å²) in [4.78, 5) is 11.9. The predicted octanol–water partition coefficient (Wildman–Crippen LogP) is 5.61. The Bertz CT molecular complexity index is 711. The molecule has 0 aliphatic carbocycles. The van der Waals surface area contributed by atoms with Gasteiger partial charge in [-0.3, -0.25) is 4.79 Å². The second-order valence-corrected chi connectivity index (χ2v) is 5.71. The molecule has 0 radical (unpaired) electrons. The zero-order valence-corrected chi connectivity index (χ0v) is 13.4. The Labute approximate surface area is 138 Å². The summed E-state index contributed by atoms with van der Waals surface area (Å²) in [6.07, 6.45) is 3.09. The SMILES string of the molecule is Cc1ccc(Cl)cc1NC(=O)/C=C/c1ccc(Cl)c(Cl)c1. The Kier molecular flexibility index (Phi) is 5.29. The summed E-state index contributed by atoms with van der Waals surface area (Å²) in [7, 11) is 0. The number of carbonyl (C=O) groups is 1. The number of aryl methyl sites for hydroxylation is 1. The van der Waals surface area contributed by atoms with Crippen LogP contribution in [0.25, 0.3) is 6.08 Å². The Morgan fingerprint density at radius 2 is 1.81 bits per heavy atom. The highest BCUT2D eigenvalue weighted by Gasteiger charge is 2.03. The summed E-state index contributed by atoms with van der Waals surface area (Å²) >= 11 is 17.7. The largest absolute Gasteiger partial charge is 0.322 e. The maximum absolute atomic E-state index is 11.9. The minimum atomic E-state index is -0.244. The predicted molar refractivity (Wildman–Crippen MR) is 90.3 cm³/mol. The standard InChI is InChI=1S/C16H12Cl3NO/c1-10-2-5-12(17)9-15(10)20-16(21)7-4-11-3-6-13(18)14(19)8-11/h2-9H,1H3,(H,20,21)/b7-4+. The van der Waals surface area contributed by atoms with Crippen LogP contribution in [0, 0.1) is 6.92 Å². The summed E-state index contributed by atoms with van der Waals surface area (Å²) in [5, 5.41) is 4.28. The van der Waals surface area contributed by atoms with Crippen LogP contribution in [0.5, 0.6) is 0 Å². The molecule has 2 rings (SSSR count). The third-order valence-electron chi connectivity index (χ3n) is 2.83. The maximum Gasteiger partial charge on any atom is 0.248 e. The third kappa shape index (κ3) is 4.50. The van der Waals surface area contributed by atoms with Crippen LogP contribution in [-0.2, 0) is 4.79 Å². The van der Waals surface area contributed by atoms with E-state index in [0.29, 0.717) is 20.8 Å². The molecule has 108 valence electrons. The fraction of sp³-hybridized carbons (Fsp3) is 0.0625. The summed E-state index contributed by atoms with van der Waals surface area (Å²) < 4.78 is 0. The highest BCUT2D eigenvalue weighted by molar-refractivity contribution is 6.42. The van der Waals surface area contributed by atoms with Gasteiger partial charge in [0.15, 0.2) is 0 Å². The van der Waals surface area contributed by atoms with Crippen LogP contribution < -0.4 is 5.32 Å². The quantitative estimate of drug-likeness (QED) is 0.723. The molecular formula is C16H12Cl3NO. The maximum atomic E-state index is 11.9. The number of amides is 1. The van der Waals surface area contributed by atoms with Crippen molar-refractivity contribution >= 4 is 52.5 Å². The topological polar surface area (TPSA) is 29.1 Å². The van der Waals surface area contributed by atoms with E-state index in [1.165, 1.54) is 6.08 Å². The van der Waals surface area contributed by atoms with E-state index in [2.05, 4.69) is 5.32 Å². The number of halogens is 3. The van der Waals surface area contributed by atoms with E-state index in [-0.39, 0.29) is 5.91 Å². The van der Waals surface area contributed by atoms with Gasteiger partial charge < -0.3 is 5.32 Å². The van der Waals surface area contributed by atoms with Crippen LogP contribution in [0.15, 0.2) is 42.5 Å². The molecule has 0 atom stereocenters. The molecule has 1 amide bonds. The average Bonchev–Trinajstić information content (AvgIpc) is 2.44. The molecule has 0 saturated carbocycles. The third-order valence-corrected chi connectivity index (χ3v) is 3.80. The van der Waals surface area contributed by atoms with Crippen molar-refractivity contribution in [3.63, 3.8) is 0 Å². The Morgan fingerprint density at radius 3 is 2.52 bits per heavy atom. The van der Waals surface area contributed by atoms with Crippen LogP contribution >= 0.6 is 34.8 Å². The van der Waals surface area contributed by atoms with Crippen molar-refractivity contribution in [2.75, 3.05) is 5.32 Å². The molecule has 0 fully saturated rings. The lowest BCUT2D eigenvalue weighted by molar-refractivity contribution is -0.111. The van der Waals surface area contributed by atoms with E-state index in [0.717, 1.165) is 11.1 Å². The van der Waals surface area contributed by atoms with Gasteiger partial charge in [0.2, 0.25) is 5.91 Å². The molecule has 2 aromatic carbocycles. The summed E-state index contributed by atoms with van der Waals surface area (Å²) in [5.41, 5.74) is 2.42. The summed E-state index contributed by atoms with van der Waals surface area (Å²) in [6.45, 7) is 1.90. The van der Waals surface area contributed by atoms with Gasteiger partial charge in [-0.1, -0.05) is 46.9 Å². The second-order valence-electron chi connectivity index (χ2n) is 4.46. The van der Waals surface area contributed by atoms with Crippen LogP contribution in [-0.4, -0.2) is 5.91 Å². The summed E-state index contributed by atoms with van der Waals surface area (Å²) in [6, 6.07) is 10.5. The fourth-order valence-electron chi connectivity index (χ4n) is 1.69. The van der Waals surface area contributed by atoms with Crippen molar-refractivity contribution in [3.8, 4) is 0 Å². The van der Waals surface area contributed by atoms with Gasteiger partial charge in [0.05, 0.1) is 10.0 Å². The average molecular weight is 341 g/mol. The molecule has 21 heavy (non-hydrogen) atoms. The number of hydrogen-bond donors (Lipinski definition) is 1. The molecule has 0 aliphatic rings. The molecule has 0 bridgehead atoms. The summed E-state index contributed by atoms with van der Waals surface area (Å²) in [5.74, 6) is -0.244. The molecule has 0 unspecified atom stereocenters. The van der Waals surface area contributed by atoms with Crippen molar-refractivity contribution in [2.24, 2.45) is 0 Å². The first kappa shape index (κ1) is 15.9. The molecule has 1 N–H and O–H groups in total. The van der Waals surface area contributed by atoms with Crippen molar-refractivity contribution in [3.05, 3.63) is 68.7 Å².